The average Bonchev–Trinajstić information content (AvgIpc) is 3.30. The van der Waals surface area contributed by atoms with Gasteiger partial charge in [-0.3, -0.25) is 9.00 Å². The number of rotatable bonds is 5. The Kier molecular flexibility index (Phi) is 6.67. The topological polar surface area (TPSA) is 75.7 Å². The van der Waals surface area contributed by atoms with Gasteiger partial charge >= 0.3 is 0 Å². The molecule has 0 aliphatic carbocycles. The highest BCUT2D eigenvalue weighted by molar-refractivity contribution is 7.85. The lowest BCUT2D eigenvalue weighted by molar-refractivity contribution is 0.0992. The van der Waals surface area contributed by atoms with Crippen molar-refractivity contribution >= 4 is 33.2 Å². The van der Waals surface area contributed by atoms with Crippen LogP contribution in [0.5, 0.6) is 0 Å². The van der Waals surface area contributed by atoms with E-state index < -0.39 is 16.6 Å². The first-order valence-electron chi connectivity index (χ1n) is 12.4. The minimum absolute atomic E-state index is 0.00290. The molecule has 1 atom stereocenters. The first-order valence-corrected chi connectivity index (χ1v) is 13.9. The molecule has 0 radical (unpaired) electrons. The van der Waals surface area contributed by atoms with Gasteiger partial charge in [0.05, 0.1) is 5.69 Å². The Labute approximate surface area is 218 Å². The summed E-state index contributed by atoms with van der Waals surface area (Å²) in [5.41, 5.74) is 7.16. The summed E-state index contributed by atoms with van der Waals surface area (Å²) < 4.78 is 26.6. The van der Waals surface area contributed by atoms with Crippen molar-refractivity contribution in [3.63, 3.8) is 0 Å². The lowest BCUT2D eigenvalue weighted by atomic mass is 9.86. The van der Waals surface area contributed by atoms with Crippen LogP contribution in [0, 0.1) is 12.7 Å². The van der Waals surface area contributed by atoms with Crippen molar-refractivity contribution in [2.45, 2.75) is 46.0 Å². The molecule has 1 N–H and O–H groups in total. The zero-order chi connectivity index (χ0) is 26.3. The Morgan fingerprint density at radius 2 is 1.86 bits per heavy atom. The van der Waals surface area contributed by atoms with Crippen molar-refractivity contribution in [1.29, 1.82) is 0 Å². The van der Waals surface area contributed by atoms with E-state index in [4.69, 9.17) is 0 Å². The molecular formula is C30H30FN3O2S. The van der Waals surface area contributed by atoms with E-state index in [0.717, 1.165) is 34.2 Å². The quantitative estimate of drug-likeness (QED) is 0.315. The minimum Gasteiger partial charge on any atom is -0.339 e. The number of ketones is 1. The Morgan fingerprint density at radius 1 is 1.11 bits per heavy atom. The van der Waals surface area contributed by atoms with Crippen molar-refractivity contribution < 1.29 is 13.4 Å². The van der Waals surface area contributed by atoms with Crippen LogP contribution in [-0.4, -0.2) is 36.4 Å². The van der Waals surface area contributed by atoms with Crippen LogP contribution in [0.3, 0.4) is 0 Å². The second-order valence-corrected chi connectivity index (χ2v) is 12.2. The van der Waals surface area contributed by atoms with Gasteiger partial charge in [0.15, 0.2) is 5.78 Å². The van der Waals surface area contributed by atoms with Gasteiger partial charge in [0.1, 0.15) is 17.8 Å². The fourth-order valence-corrected chi connectivity index (χ4v) is 5.77. The molecule has 4 aromatic rings. The molecule has 0 amide bonds. The molecule has 1 aliphatic heterocycles. The van der Waals surface area contributed by atoms with Gasteiger partial charge in [0.2, 0.25) is 0 Å². The molecule has 2 aromatic heterocycles. The Balaban J connectivity index is 1.49. The molecule has 0 bridgehead atoms. The van der Waals surface area contributed by atoms with Crippen molar-refractivity contribution in [3.8, 4) is 11.3 Å². The largest absolute Gasteiger partial charge is 0.339 e. The van der Waals surface area contributed by atoms with Crippen molar-refractivity contribution in [2.75, 3.05) is 11.5 Å². The molecule has 0 saturated heterocycles. The van der Waals surface area contributed by atoms with Crippen molar-refractivity contribution in [1.82, 2.24) is 15.0 Å². The van der Waals surface area contributed by atoms with E-state index in [9.17, 15) is 13.4 Å². The van der Waals surface area contributed by atoms with E-state index in [0.29, 0.717) is 39.5 Å². The molecule has 7 heteroatoms. The highest BCUT2D eigenvalue weighted by Gasteiger charge is 2.20. The summed E-state index contributed by atoms with van der Waals surface area (Å²) in [6.07, 6.45) is 4.29. The molecule has 0 saturated carbocycles. The number of allylic oxidation sites excluding steroid dienone is 1. The van der Waals surface area contributed by atoms with Crippen LogP contribution in [-0.2, 0) is 22.6 Å². The summed E-state index contributed by atoms with van der Waals surface area (Å²) in [6, 6.07) is 12.6. The minimum atomic E-state index is -0.807. The number of aromatic amines is 1. The van der Waals surface area contributed by atoms with Gasteiger partial charge < -0.3 is 4.98 Å². The van der Waals surface area contributed by atoms with Gasteiger partial charge in [-0.1, -0.05) is 51.1 Å². The van der Waals surface area contributed by atoms with E-state index in [-0.39, 0.29) is 17.6 Å². The Bertz CT molecular complexity index is 1560. The van der Waals surface area contributed by atoms with Crippen LogP contribution in [0.1, 0.15) is 59.9 Å². The molecule has 0 spiro atoms. The predicted octanol–water partition coefficient (Wildman–Crippen LogP) is 6.33. The number of carbonyl (C=O) groups is 1. The summed E-state index contributed by atoms with van der Waals surface area (Å²) in [5.74, 6) is 0.715. The van der Waals surface area contributed by atoms with Gasteiger partial charge in [-0.25, -0.2) is 14.4 Å². The smallest absolute Gasteiger partial charge is 0.167 e. The van der Waals surface area contributed by atoms with E-state index in [1.807, 2.05) is 43.3 Å². The monoisotopic (exact) mass is 515 g/mol. The number of carbonyl (C=O) groups excluding carboxylic acids is 1. The number of hydrogen-bond donors (Lipinski definition) is 1. The van der Waals surface area contributed by atoms with Crippen LogP contribution in [0.4, 0.5) is 4.39 Å². The first-order chi connectivity index (χ1) is 17.6. The highest BCUT2D eigenvalue weighted by atomic mass is 32.2. The van der Waals surface area contributed by atoms with Gasteiger partial charge in [-0.15, -0.1) is 0 Å². The maximum absolute atomic E-state index is 14.9. The molecule has 2 aromatic carbocycles. The molecule has 0 fully saturated rings. The van der Waals surface area contributed by atoms with Gasteiger partial charge in [-0.2, -0.15) is 0 Å². The van der Waals surface area contributed by atoms with Gasteiger partial charge in [-0.05, 0) is 59.2 Å². The zero-order valence-electron chi connectivity index (χ0n) is 21.5. The van der Waals surface area contributed by atoms with E-state index >= 15 is 0 Å². The lowest BCUT2D eigenvalue weighted by Gasteiger charge is -2.19. The molecule has 3 heterocycles. The van der Waals surface area contributed by atoms with E-state index in [2.05, 4.69) is 35.7 Å². The third-order valence-corrected chi connectivity index (χ3v) is 8.24. The fourth-order valence-electron chi connectivity index (χ4n) is 4.77. The van der Waals surface area contributed by atoms with Crippen molar-refractivity contribution in [3.05, 3.63) is 88.6 Å². The fraction of sp³-hybridized carbons (Fsp3) is 0.300. The first kappa shape index (κ1) is 25.2. The predicted molar refractivity (Wildman–Crippen MR) is 148 cm³/mol. The standard InChI is InChI=1S/C30H30FN3O2S/c1-18-21(14-27(35)20-5-7-22(8-6-20)30(2,3)4)13-23(31)15-24(18)28-25-16-26(34-29(25)33-17-32-28)19-9-11-37(36)12-10-19/h5-9,13,15-17H,10-12,14H2,1-4H3,(H,32,33,34). The Morgan fingerprint density at radius 3 is 2.54 bits per heavy atom. The Hall–Kier alpha value is -3.45. The summed E-state index contributed by atoms with van der Waals surface area (Å²) in [7, 11) is -0.807. The highest BCUT2D eigenvalue weighted by Crippen LogP contribution is 2.33. The maximum Gasteiger partial charge on any atom is 0.167 e. The summed E-state index contributed by atoms with van der Waals surface area (Å²) in [4.78, 5) is 25.4. The number of nitrogens with zero attached hydrogens (tertiary/aromatic N) is 2. The van der Waals surface area contributed by atoms with Crippen LogP contribution in [0.15, 0.2) is 54.9 Å². The summed E-state index contributed by atoms with van der Waals surface area (Å²) in [5, 5.41) is 0.786. The SMILES string of the molecule is Cc1c(CC(=O)c2ccc(C(C)(C)C)cc2)cc(F)cc1-c1ncnc2[nH]c(C3=CCS(=O)CC3)cc12. The van der Waals surface area contributed by atoms with Gasteiger partial charge in [0.25, 0.3) is 0 Å². The maximum atomic E-state index is 14.9. The number of aromatic nitrogens is 3. The second kappa shape index (κ2) is 9.78. The summed E-state index contributed by atoms with van der Waals surface area (Å²) in [6.45, 7) is 8.30. The summed E-state index contributed by atoms with van der Waals surface area (Å²) >= 11 is 0. The normalized spacial score (nSPS) is 16.1. The average molecular weight is 516 g/mol. The third kappa shape index (κ3) is 5.18. The number of Topliss-reactive ketones (excluding diaryl/α,β-unsaturated/α-hetero) is 1. The molecule has 37 heavy (non-hydrogen) atoms. The molecule has 190 valence electrons. The second-order valence-electron chi connectivity index (χ2n) is 10.6. The molecule has 5 rings (SSSR count). The molecule has 1 unspecified atom stereocenters. The number of hydrogen-bond acceptors (Lipinski definition) is 4. The molecule has 5 nitrogen and oxygen atoms in total. The number of fused-ring (bicyclic) bond motifs is 1. The number of halogens is 1. The van der Waals surface area contributed by atoms with Crippen LogP contribution in [0.25, 0.3) is 27.9 Å². The molecular weight excluding hydrogens is 485 g/mol. The van der Waals surface area contributed by atoms with Crippen LogP contribution in [0.2, 0.25) is 0 Å². The third-order valence-electron chi connectivity index (χ3n) is 7.05. The lowest BCUT2D eigenvalue weighted by Crippen LogP contribution is -2.12. The van der Waals surface area contributed by atoms with Crippen molar-refractivity contribution in [2.24, 2.45) is 0 Å². The number of H-pyrrole nitrogens is 1. The van der Waals surface area contributed by atoms with E-state index in [1.54, 1.807) is 0 Å². The van der Waals surface area contributed by atoms with Crippen LogP contribution < -0.4 is 0 Å². The number of benzene rings is 2. The molecule has 1 aliphatic rings. The zero-order valence-corrected chi connectivity index (χ0v) is 22.3. The van der Waals surface area contributed by atoms with Crippen LogP contribution >= 0.6 is 0 Å². The number of nitrogens with one attached hydrogen (secondary N) is 1. The van der Waals surface area contributed by atoms with Gasteiger partial charge in [0, 0.05) is 50.9 Å². The van der Waals surface area contributed by atoms with E-state index in [1.165, 1.54) is 18.5 Å².